The zero-order valence-corrected chi connectivity index (χ0v) is 11.6. The third-order valence-electron chi connectivity index (χ3n) is 4.10. The molecule has 1 aliphatic carbocycles. The van der Waals surface area contributed by atoms with Crippen LogP contribution in [-0.4, -0.2) is 17.1 Å². The molecule has 0 aliphatic heterocycles. The van der Waals surface area contributed by atoms with Gasteiger partial charge in [-0.2, -0.15) is 0 Å². The molecule has 2 unspecified atom stereocenters. The summed E-state index contributed by atoms with van der Waals surface area (Å²) >= 11 is 0. The predicted octanol–water partition coefficient (Wildman–Crippen LogP) is 2.98. The van der Waals surface area contributed by atoms with Crippen LogP contribution in [0.2, 0.25) is 0 Å². The molecule has 3 nitrogen and oxygen atoms in total. The standard InChI is InChI=1S/C16H23NO2/c1-2-12-6-3-4-7-14(12)11-17-15-9-5-8-13(10-15)16(18)19/h3-4,6-7,13,15,17H,2,5,8-11H2,1H3,(H,18,19). The van der Waals surface area contributed by atoms with E-state index in [4.69, 9.17) is 5.11 Å². The van der Waals surface area contributed by atoms with Gasteiger partial charge in [0.25, 0.3) is 0 Å². The molecule has 3 heteroatoms. The smallest absolute Gasteiger partial charge is 0.306 e. The number of hydrogen-bond donors (Lipinski definition) is 2. The van der Waals surface area contributed by atoms with E-state index in [2.05, 4.69) is 36.5 Å². The second-order valence-corrected chi connectivity index (χ2v) is 5.40. The average molecular weight is 261 g/mol. The zero-order valence-electron chi connectivity index (χ0n) is 11.6. The summed E-state index contributed by atoms with van der Waals surface area (Å²) in [7, 11) is 0. The minimum Gasteiger partial charge on any atom is -0.481 e. The van der Waals surface area contributed by atoms with Crippen molar-refractivity contribution in [3.05, 3.63) is 35.4 Å². The van der Waals surface area contributed by atoms with Gasteiger partial charge in [0.15, 0.2) is 0 Å². The number of aliphatic carboxylic acids is 1. The normalized spacial score (nSPS) is 23.2. The maximum absolute atomic E-state index is 11.0. The van der Waals surface area contributed by atoms with Crippen LogP contribution < -0.4 is 5.32 Å². The second-order valence-electron chi connectivity index (χ2n) is 5.40. The average Bonchev–Trinajstić information content (AvgIpc) is 2.45. The summed E-state index contributed by atoms with van der Waals surface area (Å²) in [5, 5.41) is 12.6. The lowest BCUT2D eigenvalue weighted by molar-refractivity contribution is -0.143. The van der Waals surface area contributed by atoms with Gasteiger partial charge < -0.3 is 10.4 Å². The fourth-order valence-corrected chi connectivity index (χ4v) is 2.93. The van der Waals surface area contributed by atoms with Gasteiger partial charge in [0.2, 0.25) is 0 Å². The van der Waals surface area contributed by atoms with Crippen molar-refractivity contribution in [2.75, 3.05) is 0 Å². The molecule has 1 saturated carbocycles. The molecule has 1 aromatic carbocycles. The topological polar surface area (TPSA) is 49.3 Å². The SMILES string of the molecule is CCc1ccccc1CNC1CCCC(C(=O)O)C1. The van der Waals surface area contributed by atoms with Crippen LogP contribution in [0.1, 0.15) is 43.7 Å². The Hall–Kier alpha value is -1.35. The van der Waals surface area contributed by atoms with Gasteiger partial charge in [0, 0.05) is 12.6 Å². The van der Waals surface area contributed by atoms with Gasteiger partial charge in [-0.3, -0.25) is 4.79 Å². The van der Waals surface area contributed by atoms with E-state index >= 15 is 0 Å². The van der Waals surface area contributed by atoms with E-state index < -0.39 is 5.97 Å². The van der Waals surface area contributed by atoms with Crippen LogP contribution in [0.15, 0.2) is 24.3 Å². The number of rotatable bonds is 5. The molecule has 0 heterocycles. The largest absolute Gasteiger partial charge is 0.481 e. The number of carbonyl (C=O) groups is 1. The first-order valence-electron chi connectivity index (χ1n) is 7.23. The molecule has 104 valence electrons. The summed E-state index contributed by atoms with van der Waals surface area (Å²) in [6, 6.07) is 8.81. The lowest BCUT2D eigenvalue weighted by atomic mass is 9.85. The number of aryl methyl sites for hydroxylation is 1. The zero-order chi connectivity index (χ0) is 13.7. The molecule has 0 aromatic heterocycles. The molecule has 0 spiro atoms. The Labute approximate surface area is 115 Å². The van der Waals surface area contributed by atoms with Crippen LogP contribution in [-0.2, 0) is 17.8 Å². The van der Waals surface area contributed by atoms with Crippen molar-refractivity contribution in [2.45, 2.75) is 51.6 Å². The van der Waals surface area contributed by atoms with Crippen LogP contribution in [0.5, 0.6) is 0 Å². The number of benzene rings is 1. The Balaban J connectivity index is 1.89. The summed E-state index contributed by atoms with van der Waals surface area (Å²) in [4.78, 5) is 11.0. The van der Waals surface area contributed by atoms with Crippen LogP contribution in [0.3, 0.4) is 0 Å². The van der Waals surface area contributed by atoms with E-state index in [0.717, 1.165) is 38.6 Å². The first-order valence-corrected chi connectivity index (χ1v) is 7.23. The van der Waals surface area contributed by atoms with E-state index in [1.165, 1.54) is 11.1 Å². The Morgan fingerprint density at radius 1 is 1.32 bits per heavy atom. The Morgan fingerprint density at radius 3 is 2.74 bits per heavy atom. The fraction of sp³-hybridized carbons (Fsp3) is 0.562. The van der Waals surface area contributed by atoms with Crippen molar-refractivity contribution in [3.8, 4) is 0 Å². The maximum Gasteiger partial charge on any atom is 0.306 e. The predicted molar refractivity (Wildman–Crippen MR) is 76.0 cm³/mol. The van der Waals surface area contributed by atoms with Crippen molar-refractivity contribution < 1.29 is 9.90 Å². The molecule has 19 heavy (non-hydrogen) atoms. The molecule has 0 bridgehead atoms. The van der Waals surface area contributed by atoms with Gasteiger partial charge in [-0.15, -0.1) is 0 Å². The van der Waals surface area contributed by atoms with E-state index in [0.29, 0.717) is 6.04 Å². The summed E-state index contributed by atoms with van der Waals surface area (Å²) in [6.07, 6.45) is 4.76. The third-order valence-corrected chi connectivity index (χ3v) is 4.10. The van der Waals surface area contributed by atoms with Gasteiger partial charge in [-0.1, -0.05) is 37.6 Å². The van der Waals surface area contributed by atoms with Crippen LogP contribution in [0.25, 0.3) is 0 Å². The summed E-state index contributed by atoms with van der Waals surface area (Å²) in [6.45, 7) is 3.01. The van der Waals surface area contributed by atoms with E-state index in [-0.39, 0.29) is 5.92 Å². The highest BCUT2D eigenvalue weighted by atomic mass is 16.4. The number of nitrogens with one attached hydrogen (secondary N) is 1. The van der Waals surface area contributed by atoms with Gasteiger partial charge >= 0.3 is 5.97 Å². The highest BCUT2D eigenvalue weighted by Gasteiger charge is 2.26. The van der Waals surface area contributed by atoms with Crippen molar-refractivity contribution in [1.82, 2.24) is 5.32 Å². The molecule has 1 aromatic rings. The number of carboxylic acid groups (broad SMARTS) is 1. The molecule has 2 N–H and O–H groups in total. The first-order chi connectivity index (χ1) is 9.20. The first kappa shape index (κ1) is 14.1. The van der Waals surface area contributed by atoms with Crippen molar-refractivity contribution in [3.63, 3.8) is 0 Å². The molecule has 2 atom stereocenters. The van der Waals surface area contributed by atoms with Gasteiger partial charge in [0.05, 0.1) is 5.92 Å². The van der Waals surface area contributed by atoms with Crippen LogP contribution in [0, 0.1) is 5.92 Å². The van der Waals surface area contributed by atoms with Gasteiger partial charge in [-0.05, 0) is 36.8 Å². The Morgan fingerprint density at radius 2 is 2.05 bits per heavy atom. The highest BCUT2D eigenvalue weighted by Crippen LogP contribution is 2.24. The molecule has 0 amide bonds. The van der Waals surface area contributed by atoms with Crippen molar-refractivity contribution in [1.29, 1.82) is 0 Å². The van der Waals surface area contributed by atoms with E-state index in [1.807, 2.05) is 0 Å². The summed E-state index contributed by atoms with van der Waals surface area (Å²) in [5.41, 5.74) is 2.71. The molecule has 1 aliphatic rings. The second kappa shape index (κ2) is 6.71. The molecular weight excluding hydrogens is 238 g/mol. The van der Waals surface area contributed by atoms with Crippen molar-refractivity contribution >= 4 is 5.97 Å². The van der Waals surface area contributed by atoms with Gasteiger partial charge in [0.1, 0.15) is 0 Å². The maximum atomic E-state index is 11.0. The highest BCUT2D eigenvalue weighted by molar-refractivity contribution is 5.70. The molecule has 2 rings (SSSR count). The third kappa shape index (κ3) is 3.80. The fourth-order valence-electron chi connectivity index (χ4n) is 2.93. The van der Waals surface area contributed by atoms with Crippen molar-refractivity contribution in [2.24, 2.45) is 5.92 Å². The number of hydrogen-bond acceptors (Lipinski definition) is 2. The lowest BCUT2D eigenvalue weighted by Crippen LogP contribution is -2.36. The Kier molecular flexibility index (Phi) is 4.97. The quantitative estimate of drug-likeness (QED) is 0.856. The minimum atomic E-state index is -0.638. The van der Waals surface area contributed by atoms with Gasteiger partial charge in [-0.25, -0.2) is 0 Å². The lowest BCUT2D eigenvalue weighted by Gasteiger charge is -2.27. The molecule has 1 fully saturated rings. The molecular formula is C16H23NO2. The van der Waals surface area contributed by atoms with Crippen LogP contribution in [0.4, 0.5) is 0 Å². The van der Waals surface area contributed by atoms with Crippen LogP contribution >= 0.6 is 0 Å². The summed E-state index contributed by atoms with van der Waals surface area (Å²) < 4.78 is 0. The Bertz CT molecular complexity index is 431. The number of carboxylic acids is 1. The molecule has 0 saturated heterocycles. The van der Waals surface area contributed by atoms with E-state index in [1.54, 1.807) is 0 Å². The van der Waals surface area contributed by atoms with E-state index in [9.17, 15) is 4.79 Å². The minimum absolute atomic E-state index is 0.160. The molecule has 0 radical (unpaired) electrons. The summed E-state index contributed by atoms with van der Waals surface area (Å²) in [5.74, 6) is -0.798. The monoisotopic (exact) mass is 261 g/mol.